The summed E-state index contributed by atoms with van der Waals surface area (Å²) in [7, 11) is 0. The normalized spacial score (nSPS) is 17.7. The van der Waals surface area contributed by atoms with Crippen LogP contribution in [-0.4, -0.2) is 51.4 Å². The summed E-state index contributed by atoms with van der Waals surface area (Å²) in [6.07, 6.45) is 2.06. The molecule has 6 heteroatoms. The Labute approximate surface area is 155 Å². The summed E-state index contributed by atoms with van der Waals surface area (Å²) in [5.74, 6) is 1.24. The van der Waals surface area contributed by atoms with Crippen LogP contribution in [-0.2, 0) is 4.74 Å². The van der Waals surface area contributed by atoms with Crippen LogP contribution < -0.4 is 0 Å². The Morgan fingerprint density at radius 3 is 2.85 bits per heavy atom. The van der Waals surface area contributed by atoms with E-state index < -0.39 is 0 Å². The van der Waals surface area contributed by atoms with Crippen LogP contribution in [0.5, 0.6) is 0 Å². The average Bonchev–Trinajstić information content (AvgIpc) is 3.03. The molecule has 2 aromatic rings. The van der Waals surface area contributed by atoms with Gasteiger partial charge in [-0.05, 0) is 44.2 Å². The molecular formula is C20H28N4O2. The van der Waals surface area contributed by atoms with E-state index >= 15 is 0 Å². The Bertz CT molecular complexity index is 767. The molecule has 0 unspecified atom stereocenters. The largest absolute Gasteiger partial charge is 0.377 e. The molecule has 1 aliphatic heterocycles. The van der Waals surface area contributed by atoms with Crippen LogP contribution in [0.3, 0.4) is 0 Å². The van der Waals surface area contributed by atoms with E-state index in [1.807, 2.05) is 36.9 Å². The molecule has 3 rings (SSSR count). The van der Waals surface area contributed by atoms with Crippen LogP contribution in [0.25, 0.3) is 5.69 Å². The Hall–Kier alpha value is -2.21. The lowest BCUT2D eigenvalue weighted by Gasteiger charge is -2.31. The fourth-order valence-corrected chi connectivity index (χ4v) is 3.51. The van der Waals surface area contributed by atoms with Crippen molar-refractivity contribution in [3.8, 4) is 5.69 Å². The van der Waals surface area contributed by atoms with E-state index in [9.17, 15) is 4.79 Å². The molecule has 1 saturated heterocycles. The number of carbonyl (C=O) groups is 1. The van der Waals surface area contributed by atoms with Gasteiger partial charge < -0.3 is 9.64 Å². The summed E-state index contributed by atoms with van der Waals surface area (Å²) in [4.78, 5) is 19.2. The number of hydrogen-bond donors (Lipinski definition) is 0. The van der Waals surface area contributed by atoms with Gasteiger partial charge in [0, 0.05) is 19.7 Å². The van der Waals surface area contributed by atoms with Crippen LogP contribution in [0, 0.1) is 6.92 Å². The number of rotatable bonds is 5. The lowest BCUT2D eigenvalue weighted by atomic mass is 10.0. The first-order valence-corrected chi connectivity index (χ1v) is 9.45. The zero-order chi connectivity index (χ0) is 18.7. The Balaban J connectivity index is 1.85. The Kier molecular flexibility index (Phi) is 5.71. The van der Waals surface area contributed by atoms with E-state index in [1.165, 1.54) is 5.56 Å². The molecule has 0 aliphatic carbocycles. The van der Waals surface area contributed by atoms with Gasteiger partial charge >= 0.3 is 0 Å². The van der Waals surface area contributed by atoms with Gasteiger partial charge in [0.2, 0.25) is 5.82 Å². The molecule has 1 amide bonds. The molecule has 0 saturated carbocycles. The molecular weight excluding hydrogens is 328 g/mol. The van der Waals surface area contributed by atoms with E-state index in [1.54, 1.807) is 4.68 Å². The molecule has 0 radical (unpaired) electrons. The first kappa shape index (κ1) is 18.6. The molecule has 0 bridgehead atoms. The minimum Gasteiger partial charge on any atom is -0.377 e. The molecule has 1 aromatic carbocycles. The van der Waals surface area contributed by atoms with E-state index in [4.69, 9.17) is 4.74 Å². The minimum atomic E-state index is -0.113. The van der Waals surface area contributed by atoms with Crippen LogP contribution in [0.1, 0.15) is 61.5 Å². The second-order valence-electron chi connectivity index (χ2n) is 7.08. The van der Waals surface area contributed by atoms with Crippen molar-refractivity contribution >= 4 is 5.91 Å². The molecule has 1 aromatic heterocycles. The summed E-state index contributed by atoms with van der Waals surface area (Å²) >= 11 is 0. The van der Waals surface area contributed by atoms with Crippen LogP contribution in [0.2, 0.25) is 0 Å². The summed E-state index contributed by atoms with van der Waals surface area (Å²) in [6.45, 7) is 10.2. The number of amides is 1. The number of likely N-dealkylation sites (tertiary alicyclic amines) is 1. The summed E-state index contributed by atoms with van der Waals surface area (Å²) in [5.41, 5.74) is 2.17. The Morgan fingerprint density at radius 1 is 1.35 bits per heavy atom. The minimum absolute atomic E-state index is 0.113. The van der Waals surface area contributed by atoms with Crippen molar-refractivity contribution in [1.82, 2.24) is 19.7 Å². The number of ether oxygens (including phenoxy) is 1. The summed E-state index contributed by atoms with van der Waals surface area (Å²) in [6, 6.07) is 8.14. The number of hydrogen-bond acceptors (Lipinski definition) is 4. The van der Waals surface area contributed by atoms with Gasteiger partial charge in [0.1, 0.15) is 5.82 Å². The van der Waals surface area contributed by atoms with Crippen LogP contribution in [0.15, 0.2) is 24.3 Å². The van der Waals surface area contributed by atoms with Crippen molar-refractivity contribution in [2.75, 3.05) is 19.7 Å². The highest BCUT2D eigenvalue weighted by atomic mass is 16.5. The third kappa shape index (κ3) is 3.80. The maximum Gasteiger partial charge on any atom is 0.293 e. The number of aromatic nitrogens is 3. The number of carbonyl (C=O) groups excluding carboxylic acids is 1. The van der Waals surface area contributed by atoms with Crippen LogP contribution >= 0.6 is 0 Å². The first-order valence-electron chi connectivity index (χ1n) is 9.45. The molecule has 1 atom stereocenters. The fourth-order valence-electron chi connectivity index (χ4n) is 3.51. The summed E-state index contributed by atoms with van der Waals surface area (Å²) in [5, 5.41) is 4.54. The monoisotopic (exact) mass is 356 g/mol. The van der Waals surface area contributed by atoms with Gasteiger partial charge in [-0.15, -0.1) is 5.10 Å². The van der Waals surface area contributed by atoms with Crippen molar-refractivity contribution in [1.29, 1.82) is 0 Å². The van der Waals surface area contributed by atoms with Gasteiger partial charge in [-0.25, -0.2) is 9.67 Å². The van der Waals surface area contributed by atoms with E-state index in [2.05, 4.69) is 30.0 Å². The van der Waals surface area contributed by atoms with E-state index in [0.717, 1.165) is 30.9 Å². The van der Waals surface area contributed by atoms with Gasteiger partial charge in [-0.3, -0.25) is 4.79 Å². The number of piperidine rings is 1. The second-order valence-corrected chi connectivity index (χ2v) is 7.08. The van der Waals surface area contributed by atoms with Gasteiger partial charge in [-0.1, -0.05) is 32.0 Å². The maximum absolute atomic E-state index is 12.9. The zero-order valence-corrected chi connectivity index (χ0v) is 16.1. The molecule has 1 aliphatic rings. The zero-order valence-electron chi connectivity index (χ0n) is 16.1. The van der Waals surface area contributed by atoms with Crippen molar-refractivity contribution in [3.63, 3.8) is 0 Å². The SMILES string of the molecule is CCO[C@H]1CCCN(C(=O)c2nc(C)n(-c3ccccc3C(C)C)n2)C1. The van der Waals surface area contributed by atoms with Crippen molar-refractivity contribution < 1.29 is 9.53 Å². The quantitative estimate of drug-likeness (QED) is 0.824. The summed E-state index contributed by atoms with van der Waals surface area (Å²) < 4.78 is 7.48. The first-order chi connectivity index (χ1) is 12.5. The van der Waals surface area contributed by atoms with Gasteiger partial charge in [0.25, 0.3) is 5.91 Å². The molecule has 6 nitrogen and oxygen atoms in total. The van der Waals surface area contributed by atoms with Gasteiger partial charge in [-0.2, -0.15) is 0 Å². The number of nitrogens with zero attached hydrogens (tertiary/aromatic N) is 4. The van der Waals surface area contributed by atoms with Gasteiger partial charge in [0.05, 0.1) is 11.8 Å². The highest BCUT2D eigenvalue weighted by Gasteiger charge is 2.28. The Morgan fingerprint density at radius 2 is 2.12 bits per heavy atom. The standard InChI is InChI=1S/C20H28N4O2/c1-5-26-16-9-8-12-23(13-16)20(25)19-21-15(4)24(22-19)18-11-7-6-10-17(18)14(2)3/h6-7,10-11,14,16H,5,8-9,12-13H2,1-4H3/t16-/m0/s1. The van der Waals surface area contributed by atoms with E-state index in [0.29, 0.717) is 19.1 Å². The van der Waals surface area contributed by atoms with Crippen molar-refractivity contribution in [2.24, 2.45) is 0 Å². The number of benzene rings is 1. The second kappa shape index (κ2) is 7.99. The third-order valence-electron chi connectivity index (χ3n) is 4.81. The fraction of sp³-hybridized carbons (Fsp3) is 0.550. The molecule has 0 N–H and O–H groups in total. The van der Waals surface area contributed by atoms with Crippen molar-refractivity contribution in [2.45, 2.75) is 52.6 Å². The van der Waals surface area contributed by atoms with Crippen LogP contribution in [0.4, 0.5) is 0 Å². The molecule has 140 valence electrons. The predicted molar refractivity (Wildman–Crippen MR) is 101 cm³/mol. The molecule has 0 spiro atoms. The lowest BCUT2D eigenvalue weighted by molar-refractivity contribution is 0.00681. The van der Waals surface area contributed by atoms with Gasteiger partial charge in [0.15, 0.2) is 0 Å². The molecule has 26 heavy (non-hydrogen) atoms. The lowest BCUT2D eigenvalue weighted by Crippen LogP contribution is -2.43. The third-order valence-corrected chi connectivity index (χ3v) is 4.81. The molecule has 1 fully saturated rings. The number of aryl methyl sites for hydroxylation is 1. The topological polar surface area (TPSA) is 60.2 Å². The highest BCUT2D eigenvalue weighted by molar-refractivity contribution is 5.90. The van der Waals surface area contributed by atoms with E-state index in [-0.39, 0.29) is 17.8 Å². The molecule has 2 heterocycles. The smallest absolute Gasteiger partial charge is 0.293 e. The highest BCUT2D eigenvalue weighted by Crippen LogP contribution is 2.23. The average molecular weight is 356 g/mol. The van der Waals surface area contributed by atoms with Crippen molar-refractivity contribution in [3.05, 3.63) is 41.5 Å². The maximum atomic E-state index is 12.9. The number of para-hydroxylation sites is 1. The predicted octanol–water partition coefficient (Wildman–Crippen LogP) is 3.34.